The summed E-state index contributed by atoms with van der Waals surface area (Å²) in [5, 5.41) is 14.5. The van der Waals surface area contributed by atoms with E-state index in [4.69, 9.17) is 9.47 Å². The van der Waals surface area contributed by atoms with E-state index in [2.05, 4.69) is 38.5 Å². The number of benzene rings is 1. The summed E-state index contributed by atoms with van der Waals surface area (Å²) in [4.78, 5) is 13.7. The van der Waals surface area contributed by atoms with E-state index in [1.165, 1.54) is 16.6 Å². The Bertz CT molecular complexity index is 1010. The number of carbonyl (C=O) groups excluding carboxylic acids is 1. The van der Waals surface area contributed by atoms with E-state index in [1.807, 2.05) is 18.2 Å². The van der Waals surface area contributed by atoms with Crippen LogP contribution in [0.4, 0.5) is 5.69 Å². The highest BCUT2D eigenvalue weighted by molar-refractivity contribution is 7.99. The number of amides is 1. The van der Waals surface area contributed by atoms with Crippen LogP contribution in [0.25, 0.3) is 11.4 Å². The van der Waals surface area contributed by atoms with Crippen LogP contribution in [0.3, 0.4) is 0 Å². The van der Waals surface area contributed by atoms with Crippen molar-refractivity contribution in [2.45, 2.75) is 37.6 Å². The van der Waals surface area contributed by atoms with Gasteiger partial charge < -0.3 is 14.8 Å². The van der Waals surface area contributed by atoms with Crippen molar-refractivity contribution in [2.75, 3.05) is 24.8 Å². The van der Waals surface area contributed by atoms with Gasteiger partial charge >= 0.3 is 0 Å². The predicted octanol–water partition coefficient (Wildman–Crippen LogP) is 4.23. The largest absolute Gasteiger partial charge is 0.497 e. The van der Waals surface area contributed by atoms with E-state index >= 15 is 0 Å². The molecule has 9 heteroatoms. The average molecular weight is 445 g/mol. The van der Waals surface area contributed by atoms with Crippen molar-refractivity contribution in [1.29, 1.82) is 0 Å². The molecule has 0 radical (unpaired) electrons. The SMILES string of the molecule is COc1cccc(NC(=O)CSc2nnc(-c3csc(C)c3)n2CC2CCCO2)c1. The van der Waals surface area contributed by atoms with Gasteiger partial charge in [-0.2, -0.15) is 0 Å². The molecule has 0 aliphatic carbocycles. The Balaban J connectivity index is 1.47. The molecule has 1 saturated heterocycles. The third-order valence-corrected chi connectivity index (χ3v) is 6.63. The fourth-order valence-corrected chi connectivity index (χ4v) is 4.78. The monoisotopic (exact) mass is 444 g/mol. The van der Waals surface area contributed by atoms with Gasteiger partial charge in [-0.15, -0.1) is 21.5 Å². The lowest BCUT2D eigenvalue weighted by atomic mass is 10.2. The molecule has 0 saturated carbocycles. The minimum absolute atomic E-state index is 0.104. The summed E-state index contributed by atoms with van der Waals surface area (Å²) in [5.74, 6) is 1.66. The Morgan fingerprint density at radius 3 is 3.03 bits per heavy atom. The molecular formula is C21H24N4O3S2. The Hall–Kier alpha value is -2.36. The van der Waals surface area contributed by atoms with Crippen molar-refractivity contribution in [3.05, 3.63) is 40.6 Å². The van der Waals surface area contributed by atoms with Crippen LogP contribution in [-0.2, 0) is 16.1 Å². The highest BCUT2D eigenvalue weighted by Crippen LogP contribution is 2.29. The van der Waals surface area contributed by atoms with E-state index < -0.39 is 0 Å². The van der Waals surface area contributed by atoms with Crippen molar-refractivity contribution in [3.63, 3.8) is 0 Å². The Labute approximate surface area is 183 Å². The summed E-state index contributed by atoms with van der Waals surface area (Å²) in [5.41, 5.74) is 1.76. The predicted molar refractivity (Wildman–Crippen MR) is 119 cm³/mol. The maximum atomic E-state index is 12.5. The molecular weight excluding hydrogens is 420 g/mol. The third-order valence-electron chi connectivity index (χ3n) is 4.80. The molecule has 4 rings (SSSR count). The van der Waals surface area contributed by atoms with Crippen molar-refractivity contribution in [3.8, 4) is 17.1 Å². The summed E-state index contributed by atoms with van der Waals surface area (Å²) in [6.45, 7) is 3.57. The van der Waals surface area contributed by atoms with Crippen molar-refractivity contribution in [2.24, 2.45) is 0 Å². The van der Waals surface area contributed by atoms with Crippen molar-refractivity contribution in [1.82, 2.24) is 14.8 Å². The number of thiophene rings is 1. The number of nitrogens with one attached hydrogen (secondary N) is 1. The third kappa shape index (κ3) is 5.03. The molecule has 3 aromatic rings. The molecule has 1 unspecified atom stereocenters. The summed E-state index contributed by atoms with van der Waals surface area (Å²) < 4.78 is 13.1. The molecule has 1 aliphatic rings. The molecule has 1 amide bonds. The van der Waals surface area contributed by atoms with Gasteiger partial charge in [0, 0.05) is 34.2 Å². The van der Waals surface area contributed by atoms with Gasteiger partial charge in [0.25, 0.3) is 0 Å². The van der Waals surface area contributed by atoms with Gasteiger partial charge in [0.15, 0.2) is 11.0 Å². The fraction of sp³-hybridized carbons (Fsp3) is 0.381. The normalized spacial score (nSPS) is 16.0. The first kappa shape index (κ1) is 20.9. The molecule has 1 atom stereocenters. The first-order valence-corrected chi connectivity index (χ1v) is 11.7. The van der Waals surface area contributed by atoms with Gasteiger partial charge in [-0.05, 0) is 38.0 Å². The molecule has 3 heterocycles. The molecule has 1 N–H and O–H groups in total. The molecule has 0 bridgehead atoms. The van der Waals surface area contributed by atoms with Crippen molar-refractivity contribution < 1.29 is 14.3 Å². The number of anilines is 1. The molecule has 1 aromatic carbocycles. The molecule has 0 spiro atoms. The van der Waals surface area contributed by atoms with Gasteiger partial charge in [-0.25, -0.2) is 0 Å². The number of ether oxygens (including phenoxy) is 2. The number of hydrogen-bond donors (Lipinski definition) is 1. The summed E-state index contributed by atoms with van der Waals surface area (Å²) in [6.07, 6.45) is 2.26. The lowest BCUT2D eigenvalue weighted by Gasteiger charge is -2.14. The number of hydrogen-bond acceptors (Lipinski definition) is 7. The zero-order chi connectivity index (χ0) is 20.9. The van der Waals surface area contributed by atoms with Crippen LogP contribution in [0.1, 0.15) is 17.7 Å². The van der Waals surface area contributed by atoms with E-state index in [9.17, 15) is 4.79 Å². The number of aryl methyl sites for hydroxylation is 1. The number of carbonyl (C=O) groups is 1. The maximum Gasteiger partial charge on any atom is 0.234 e. The van der Waals surface area contributed by atoms with Crippen LogP contribution < -0.4 is 10.1 Å². The standard InChI is InChI=1S/C21H24N4O3S2/c1-14-9-15(12-29-14)20-23-24-21(25(20)11-18-7-4-8-28-18)30-13-19(26)22-16-5-3-6-17(10-16)27-2/h3,5-6,9-10,12,18H,4,7-8,11,13H2,1-2H3,(H,22,26). The topological polar surface area (TPSA) is 78.3 Å². The lowest BCUT2D eigenvalue weighted by Crippen LogP contribution is -2.18. The number of thioether (sulfide) groups is 1. The first-order chi connectivity index (χ1) is 14.6. The second-order valence-electron chi connectivity index (χ2n) is 7.07. The smallest absolute Gasteiger partial charge is 0.234 e. The highest BCUT2D eigenvalue weighted by atomic mass is 32.2. The van der Waals surface area contributed by atoms with Crippen LogP contribution in [0.15, 0.2) is 40.9 Å². The lowest BCUT2D eigenvalue weighted by molar-refractivity contribution is -0.113. The minimum Gasteiger partial charge on any atom is -0.497 e. The number of aromatic nitrogens is 3. The zero-order valence-electron chi connectivity index (χ0n) is 17.0. The first-order valence-electron chi connectivity index (χ1n) is 9.79. The van der Waals surface area contributed by atoms with E-state index in [1.54, 1.807) is 24.5 Å². The Morgan fingerprint density at radius 1 is 1.40 bits per heavy atom. The van der Waals surface area contributed by atoms with Gasteiger partial charge in [0.1, 0.15) is 5.75 Å². The molecule has 1 aliphatic heterocycles. The van der Waals surface area contributed by atoms with Crippen molar-refractivity contribution >= 4 is 34.7 Å². The van der Waals surface area contributed by atoms with Crippen LogP contribution in [0.5, 0.6) is 5.75 Å². The Kier molecular flexibility index (Phi) is 6.71. The molecule has 2 aromatic heterocycles. The zero-order valence-corrected chi connectivity index (χ0v) is 18.6. The summed E-state index contributed by atoms with van der Waals surface area (Å²) in [7, 11) is 1.60. The molecule has 158 valence electrons. The van der Waals surface area contributed by atoms with Gasteiger partial charge in [0.2, 0.25) is 5.91 Å². The van der Waals surface area contributed by atoms with Gasteiger partial charge in [0.05, 0.1) is 25.5 Å². The van der Waals surface area contributed by atoms with Crippen LogP contribution >= 0.6 is 23.1 Å². The average Bonchev–Trinajstić information content (AvgIpc) is 3.49. The number of nitrogens with zero attached hydrogens (tertiary/aromatic N) is 3. The van der Waals surface area contributed by atoms with Gasteiger partial charge in [-0.1, -0.05) is 17.8 Å². The second-order valence-corrected chi connectivity index (χ2v) is 9.12. The van der Waals surface area contributed by atoms with Crippen LogP contribution in [0.2, 0.25) is 0 Å². The van der Waals surface area contributed by atoms with E-state index in [-0.39, 0.29) is 17.8 Å². The molecule has 30 heavy (non-hydrogen) atoms. The number of methoxy groups -OCH3 is 1. The second kappa shape index (κ2) is 9.63. The van der Waals surface area contributed by atoms with Crippen LogP contribution in [-0.4, -0.2) is 46.2 Å². The molecule has 1 fully saturated rings. The summed E-state index contributed by atoms with van der Waals surface area (Å²) in [6, 6.07) is 9.42. The van der Waals surface area contributed by atoms with E-state index in [0.717, 1.165) is 36.0 Å². The minimum atomic E-state index is -0.104. The van der Waals surface area contributed by atoms with Gasteiger partial charge in [-0.3, -0.25) is 9.36 Å². The quantitative estimate of drug-likeness (QED) is 0.524. The maximum absolute atomic E-state index is 12.5. The summed E-state index contributed by atoms with van der Waals surface area (Å²) >= 11 is 3.07. The number of rotatable bonds is 8. The molecule has 7 nitrogen and oxygen atoms in total. The fourth-order valence-electron chi connectivity index (χ4n) is 3.35. The Morgan fingerprint density at radius 2 is 2.30 bits per heavy atom. The highest BCUT2D eigenvalue weighted by Gasteiger charge is 2.22. The van der Waals surface area contributed by atoms with E-state index in [0.29, 0.717) is 18.0 Å². The van der Waals surface area contributed by atoms with Crippen LogP contribution in [0, 0.1) is 6.92 Å².